The van der Waals surface area contributed by atoms with E-state index >= 15 is 4.39 Å². The molecule has 184 valence electrons. The van der Waals surface area contributed by atoms with Gasteiger partial charge in [0, 0.05) is 18.7 Å². The number of primary amides is 1. The highest BCUT2D eigenvalue weighted by Gasteiger charge is 2.35. The van der Waals surface area contributed by atoms with Gasteiger partial charge in [-0.1, -0.05) is 30.3 Å². The second-order valence-electron chi connectivity index (χ2n) is 8.30. The summed E-state index contributed by atoms with van der Waals surface area (Å²) in [4.78, 5) is 20.7. The average Bonchev–Trinajstić information content (AvgIpc) is 3.27. The molecule has 0 radical (unpaired) electrons. The van der Waals surface area contributed by atoms with Crippen molar-refractivity contribution in [3.05, 3.63) is 76.9 Å². The van der Waals surface area contributed by atoms with Gasteiger partial charge in [0.2, 0.25) is 11.7 Å². The van der Waals surface area contributed by atoms with Crippen molar-refractivity contribution in [3.63, 3.8) is 0 Å². The van der Waals surface area contributed by atoms with E-state index in [1.165, 1.54) is 12.4 Å². The summed E-state index contributed by atoms with van der Waals surface area (Å²) >= 11 is 0. The number of carbonyl (C=O) groups excluding carboxylic acids is 1. The summed E-state index contributed by atoms with van der Waals surface area (Å²) < 4.78 is 54.3. The highest BCUT2D eigenvalue weighted by molar-refractivity contribution is 5.76. The lowest BCUT2D eigenvalue weighted by Crippen LogP contribution is -2.25. The lowest BCUT2D eigenvalue weighted by atomic mass is 10.0. The van der Waals surface area contributed by atoms with Gasteiger partial charge >= 0.3 is 6.18 Å². The average molecular weight is 489 g/mol. The molecule has 0 saturated carbocycles. The van der Waals surface area contributed by atoms with Crippen LogP contribution in [0.25, 0.3) is 0 Å². The number of hydrogen-bond acceptors (Lipinski definition) is 6. The first-order valence-corrected chi connectivity index (χ1v) is 10.9. The molecule has 7 nitrogen and oxygen atoms in total. The normalized spacial score (nSPS) is 15.9. The zero-order valence-electron chi connectivity index (χ0n) is 18.5. The summed E-state index contributed by atoms with van der Waals surface area (Å²) in [6.45, 7) is 0.674. The first-order chi connectivity index (χ1) is 16.6. The van der Waals surface area contributed by atoms with Crippen LogP contribution in [-0.2, 0) is 23.9 Å². The fraction of sp³-hybridized carbons (Fsp3) is 0.292. The summed E-state index contributed by atoms with van der Waals surface area (Å²) in [6, 6.07) is 9.37. The molecule has 1 unspecified atom stereocenters. The minimum atomic E-state index is -4.58. The fourth-order valence-corrected chi connectivity index (χ4v) is 4.19. The van der Waals surface area contributed by atoms with Crippen LogP contribution in [0, 0.1) is 5.82 Å². The molecule has 1 aliphatic rings. The third-order valence-electron chi connectivity index (χ3n) is 5.87. The standard InChI is InChI=1S/C24H23F4N5O2/c25-21-22(30-12-15-5-3-14(4-6-15)10-20(29)35)31-13-32-23(21)33-9-1-2-18(33)17-8-7-16(11-19(17)34)24(26,27)28/h3-8,11,13,18,34H,1-2,9-10,12H2,(H2,29,35)(H,30,31,32). The molecule has 4 rings (SSSR count). The Bertz CT molecular complexity index is 1220. The Labute approximate surface area is 198 Å². The number of alkyl halides is 3. The van der Waals surface area contributed by atoms with Gasteiger partial charge in [-0.15, -0.1) is 0 Å². The van der Waals surface area contributed by atoms with Crippen LogP contribution in [0.3, 0.4) is 0 Å². The van der Waals surface area contributed by atoms with Crippen molar-refractivity contribution >= 4 is 17.5 Å². The van der Waals surface area contributed by atoms with Crippen LogP contribution >= 0.6 is 0 Å². The molecular weight excluding hydrogens is 466 g/mol. The van der Waals surface area contributed by atoms with Gasteiger partial charge in [-0.25, -0.2) is 9.97 Å². The molecule has 1 atom stereocenters. The van der Waals surface area contributed by atoms with Crippen LogP contribution in [0.5, 0.6) is 5.75 Å². The summed E-state index contributed by atoms with van der Waals surface area (Å²) in [5.74, 6) is -1.66. The number of benzene rings is 2. The number of nitrogens with two attached hydrogens (primary N) is 1. The molecule has 11 heteroatoms. The zero-order valence-corrected chi connectivity index (χ0v) is 18.5. The minimum Gasteiger partial charge on any atom is -0.508 e. The van der Waals surface area contributed by atoms with E-state index in [9.17, 15) is 23.1 Å². The number of nitrogens with one attached hydrogen (secondary N) is 1. The van der Waals surface area contributed by atoms with E-state index in [4.69, 9.17) is 5.73 Å². The Balaban J connectivity index is 1.52. The SMILES string of the molecule is NC(=O)Cc1ccc(CNc2ncnc(N3CCCC3c3ccc(C(F)(F)F)cc3O)c2F)cc1. The Kier molecular flexibility index (Phi) is 6.77. The molecule has 0 spiro atoms. The summed E-state index contributed by atoms with van der Waals surface area (Å²) in [5, 5.41) is 13.2. The van der Waals surface area contributed by atoms with Crippen molar-refractivity contribution in [3.8, 4) is 5.75 Å². The quantitative estimate of drug-likeness (QED) is 0.427. The molecule has 0 aliphatic carbocycles. The molecule has 2 aromatic carbocycles. The number of hydrogen-bond donors (Lipinski definition) is 3. The summed E-state index contributed by atoms with van der Waals surface area (Å²) in [7, 11) is 0. The number of amides is 1. The van der Waals surface area contributed by atoms with Crippen molar-refractivity contribution < 1.29 is 27.5 Å². The molecule has 2 heterocycles. The largest absolute Gasteiger partial charge is 0.508 e. The van der Waals surface area contributed by atoms with E-state index in [0.717, 1.165) is 17.2 Å². The molecule has 35 heavy (non-hydrogen) atoms. The topological polar surface area (TPSA) is 104 Å². The van der Waals surface area contributed by atoms with Gasteiger partial charge in [-0.3, -0.25) is 4.79 Å². The number of rotatable bonds is 7. The lowest BCUT2D eigenvalue weighted by Gasteiger charge is -2.27. The van der Waals surface area contributed by atoms with Gasteiger partial charge in [0.25, 0.3) is 0 Å². The van der Waals surface area contributed by atoms with Crippen molar-refractivity contribution in [2.75, 3.05) is 16.8 Å². The molecular formula is C24H23F4N5O2. The van der Waals surface area contributed by atoms with Crippen LogP contribution in [0.1, 0.15) is 41.1 Å². The molecule has 1 amide bonds. The van der Waals surface area contributed by atoms with E-state index in [1.807, 2.05) is 0 Å². The number of phenolic OH excluding ortho intramolecular Hbond substituents is 1. The summed E-state index contributed by atoms with van der Waals surface area (Å²) in [5.41, 5.74) is 6.10. The Hall–Kier alpha value is -3.89. The fourth-order valence-electron chi connectivity index (χ4n) is 4.19. The molecule has 4 N–H and O–H groups in total. The second kappa shape index (κ2) is 9.77. The monoisotopic (exact) mass is 489 g/mol. The molecule has 1 aromatic heterocycles. The van der Waals surface area contributed by atoms with Crippen molar-refractivity contribution in [1.29, 1.82) is 0 Å². The van der Waals surface area contributed by atoms with Gasteiger partial charge in [-0.2, -0.15) is 17.6 Å². The van der Waals surface area contributed by atoms with Crippen LogP contribution in [0.2, 0.25) is 0 Å². The van der Waals surface area contributed by atoms with Crippen LogP contribution in [0.4, 0.5) is 29.2 Å². The third kappa shape index (κ3) is 5.44. The van der Waals surface area contributed by atoms with Gasteiger partial charge < -0.3 is 21.1 Å². The number of aromatic nitrogens is 2. The Morgan fingerprint density at radius 1 is 1.14 bits per heavy atom. The van der Waals surface area contributed by atoms with Crippen molar-refractivity contribution in [2.45, 2.75) is 38.0 Å². The van der Waals surface area contributed by atoms with Gasteiger partial charge in [0.05, 0.1) is 18.0 Å². The Morgan fingerprint density at radius 2 is 1.86 bits per heavy atom. The number of nitrogens with zero attached hydrogens (tertiary/aromatic N) is 3. The highest BCUT2D eigenvalue weighted by Crippen LogP contribution is 2.42. The van der Waals surface area contributed by atoms with E-state index in [-0.39, 0.29) is 30.2 Å². The molecule has 3 aromatic rings. The van der Waals surface area contributed by atoms with E-state index < -0.39 is 35.3 Å². The van der Waals surface area contributed by atoms with Gasteiger partial charge in [-0.05, 0) is 36.1 Å². The molecule has 1 saturated heterocycles. The minimum absolute atomic E-state index is 0.00102. The predicted molar refractivity (Wildman–Crippen MR) is 121 cm³/mol. The maximum atomic E-state index is 15.4. The summed E-state index contributed by atoms with van der Waals surface area (Å²) in [6.07, 6.45) is -2.08. The van der Waals surface area contributed by atoms with Gasteiger partial charge in [0.1, 0.15) is 12.1 Å². The van der Waals surface area contributed by atoms with E-state index in [2.05, 4.69) is 15.3 Å². The number of phenols is 1. The first kappa shape index (κ1) is 24.2. The number of aromatic hydroxyl groups is 1. The second-order valence-corrected chi connectivity index (χ2v) is 8.30. The van der Waals surface area contributed by atoms with Crippen LogP contribution in [0.15, 0.2) is 48.8 Å². The maximum Gasteiger partial charge on any atom is 0.416 e. The third-order valence-corrected chi connectivity index (χ3v) is 5.87. The Morgan fingerprint density at radius 3 is 2.51 bits per heavy atom. The predicted octanol–water partition coefficient (Wildman–Crippen LogP) is 4.32. The van der Waals surface area contributed by atoms with Crippen molar-refractivity contribution in [2.24, 2.45) is 5.73 Å². The molecule has 1 fully saturated rings. The van der Waals surface area contributed by atoms with E-state index in [1.54, 1.807) is 29.2 Å². The van der Waals surface area contributed by atoms with Crippen molar-refractivity contribution in [1.82, 2.24) is 9.97 Å². The van der Waals surface area contributed by atoms with E-state index in [0.29, 0.717) is 25.5 Å². The van der Waals surface area contributed by atoms with Gasteiger partial charge in [0.15, 0.2) is 11.6 Å². The number of halogens is 4. The van der Waals surface area contributed by atoms with Crippen LogP contribution in [-0.4, -0.2) is 27.5 Å². The lowest BCUT2D eigenvalue weighted by molar-refractivity contribution is -0.137. The molecule has 1 aliphatic heterocycles. The highest BCUT2D eigenvalue weighted by atomic mass is 19.4. The first-order valence-electron chi connectivity index (χ1n) is 10.9. The van der Waals surface area contributed by atoms with Crippen LogP contribution < -0.4 is 16.0 Å². The smallest absolute Gasteiger partial charge is 0.416 e. The number of anilines is 2. The zero-order chi connectivity index (χ0) is 25.2. The maximum absolute atomic E-state index is 15.4. The molecule has 0 bridgehead atoms. The number of carbonyl (C=O) groups is 1.